The van der Waals surface area contributed by atoms with Gasteiger partial charge in [-0.05, 0) is 18.6 Å². The zero-order valence-corrected chi connectivity index (χ0v) is 9.76. The van der Waals surface area contributed by atoms with Crippen LogP contribution in [-0.2, 0) is 0 Å². The molecule has 0 radical (unpaired) electrons. The maximum Gasteiger partial charge on any atom is 0.345 e. The van der Waals surface area contributed by atoms with E-state index in [1.807, 2.05) is 0 Å². The molecule has 0 fully saturated rings. The molecule has 1 rings (SSSR count). The van der Waals surface area contributed by atoms with Gasteiger partial charge < -0.3 is 15.3 Å². The maximum atomic E-state index is 10.7. The number of aliphatic hydroxyl groups excluding tert-OH is 2. The van der Waals surface area contributed by atoms with Crippen LogP contribution in [0.5, 0.6) is 0 Å². The molecule has 0 aromatic carbocycles. The van der Waals surface area contributed by atoms with Crippen molar-refractivity contribution < 1.29 is 20.1 Å². The molecule has 0 aliphatic heterocycles. The zero-order chi connectivity index (χ0) is 11.6. The van der Waals surface area contributed by atoms with Crippen LogP contribution in [0.2, 0.25) is 0 Å². The van der Waals surface area contributed by atoms with E-state index < -0.39 is 18.2 Å². The summed E-state index contributed by atoms with van der Waals surface area (Å²) in [6.45, 7) is 1.70. The fraction of sp³-hybridized carbons (Fsp3) is 0.444. The van der Waals surface area contributed by atoms with Crippen molar-refractivity contribution >= 4 is 29.9 Å². The first kappa shape index (κ1) is 12.5. The molecule has 84 valence electrons. The van der Waals surface area contributed by atoms with Crippen molar-refractivity contribution in [2.75, 3.05) is 5.75 Å². The standard InChI is InChI=1S/C9H12O4S2/c1-4-2-6(9(12)13)15-8(4)7(11)5(10)3-14/h2,5,7,10-11,14H,3H2,1H3,(H,12,13). The largest absolute Gasteiger partial charge is 0.477 e. The van der Waals surface area contributed by atoms with Gasteiger partial charge in [0.2, 0.25) is 0 Å². The molecular formula is C9H12O4S2. The molecule has 0 saturated carbocycles. The monoisotopic (exact) mass is 248 g/mol. The minimum atomic E-state index is -1.07. The predicted octanol–water partition coefficient (Wildman–Crippen LogP) is 1.08. The third-order valence-corrected chi connectivity index (χ3v) is 3.66. The van der Waals surface area contributed by atoms with Crippen LogP contribution in [0.25, 0.3) is 0 Å². The van der Waals surface area contributed by atoms with Gasteiger partial charge in [-0.25, -0.2) is 4.79 Å². The van der Waals surface area contributed by atoms with Crippen LogP contribution in [0.1, 0.15) is 26.2 Å². The van der Waals surface area contributed by atoms with Crippen molar-refractivity contribution in [3.63, 3.8) is 0 Å². The molecule has 0 spiro atoms. The van der Waals surface area contributed by atoms with Crippen LogP contribution in [-0.4, -0.2) is 33.1 Å². The summed E-state index contributed by atoms with van der Waals surface area (Å²) >= 11 is 4.84. The van der Waals surface area contributed by atoms with E-state index in [2.05, 4.69) is 12.6 Å². The highest BCUT2D eigenvalue weighted by Gasteiger charge is 2.22. The highest BCUT2D eigenvalue weighted by molar-refractivity contribution is 7.80. The lowest BCUT2D eigenvalue weighted by Gasteiger charge is -2.14. The summed E-state index contributed by atoms with van der Waals surface area (Å²) in [4.78, 5) is 11.3. The molecule has 0 amide bonds. The Hall–Kier alpha value is -0.560. The first-order valence-corrected chi connectivity index (χ1v) is 5.73. The van der Waals surface area contributed by atoms with Gasteiger partial charge in [-0.3, -0.25) is 0 Å². The van der Waals surface area contributed by atoms with Gasteiger partial charge in [-0.15, -0.1) is 11.3 Å². The van der Waals surface area contributed by atoms with Gasteiger partial charge in [0.05, 0.1) is 6.10 Å². The molecule has 3 N–H and O–H groups in total. The maximum absolute atomic E-state index is 10.7. The van der Waals surface area contributed by atoms with E-state index in [0.29, 0.717) is 10.4 Å². The predicted molar refractivity (Wildman–Crippen MR) is 60.8 cm³/mol. The van der Waals surface area contributed by atoms with Crippen LogP contribution in [0.3, 0.4) is 0 Å². The van der Waals surface area contributed by atoms with Crippen LogP contribution in [0.4, 0.5) is 0 Å². The van der Waals surface area contributed by atoms with Crippen molar-refractivity contribution in [3.05, 3.63) is 21.4 Å². The molecule has 0 saturated heterocycles. The molecule has 1 aromatic heterocycles. The average molecular weight is 248 g/mol. The fourth-order valence-electron chi connectivity index (χ4n) is 1.17. The van der Waals surface area contributed by atoms with E-state index in [0.717, 1.165) is 11.3 Å². The van der Waals surface area contributed by atoms with Crippen LogP contribution in [0, 0.1) is 6.92 Å². The summed E-state index contributed by atoms with van der Waals surface area (Å²) in [6, 6.07) is 1.48. The summed E-state index contributed by atoms with van der Waals surface area (Å²) in [7, 11) is 0. The number of aliphatic hydroxyl groups is 2. The molecule has 2 atom stereocenters. The Morgan fingerprint density at radius 2 is 2.20 bits per heavy atom. The lowest BCUT2D eigenvalue weighted by Crippen LogP contribution is -2.19. The van der Waals surface area contributed by atoms with Gasteiger partial charge in [0.25, 0.3) is 0 Å². The number of hydrogen-bond donors (Lipinski definition) is 4. The Balaban J connectivity index is 2.99. The second kappa shape index (κ2) is 4.98. The van der Waals surface area contributed by atoms with E-state index in [9.17, 15) is 15.0 Å². The molecular weight excluding hydrogens is 236 g/mol. The summed E-state index contributed by atoms with van der Waals surface area (Å²) in [5.74, 6) is -0.900. The fourth-order valence-corrected chi connectivity index (χ4v) is 2.43. The lowest BCUT2D eigenvalue weighted by molar-refractivity contribution is 0.0357. The molecule has 4 nitrogen and oxygen atoms in total. The molecule has 0 aliphatic rings. The number of aromatic carboxylic acids is 1. The van der Waals surface area contributed by atoms with Gasteiger partial charge in [0.15, 0.2) is 0 Å². The average Bonchev–Trinajstić information content (AvgIpc) is 2.58. The van der Waals surface area contributed by atoms with Crippen LogP contribution < -0.4 is 0 Å². The first-order chi connectivity index (χ1) is 6.97. The number of carbonyl (C=O) groups is 1. The summed E-state index contributed by atoms with van der Waals surface area (Å²) < 4.78 is 0. The summed E-state index contributed by atoms with van der Waals surface area (Å²) in [5, 5.41) is 27.8. The Bertz CT molecular complexity index is 361. The SMILES string of the molecule is Cc1cc(C(=O)O)sc1C(O)C(O)CS. The summed E-state index contributed by atoms with van der Waals surface area (Å²) in [5.41, 5.74) is 0.672. The Labute approximate surface area is 96.6 Å². The van der Waals surface area contributed by atoms with Crippen molar-refractivity contribution in [2.24, 2.45) is 0 Å². The number of rotatable bonds is 4. The smallest absolute Gasteiger partial charge is 0.345 e. The van der Waals surface area contributed by atoms with Gasteiger partial charge >= 0.3 is 5.97 Å². The number of carboxylic acids is 1. The second-order valence-electron chi connectivity index (χ2n) is 3.16. The lowest BCUT2D eigenvalue weighted by atomic mass is 10.1. The van der Waals surface area contributed by atoms with E-state index >= 15 is 0 Å². The van der Waals surface area contributed by atoms with Crippen LogP contribution in [0.15, 0.2) is 6.07 Å². The minimum Gasteiger partial charge on any atom is -0.477 e. The number of carboxylic acid groups (broad SMARTS) is 1. The highest BCUT2D eigenvalue weighted by atomic mass is 32.1. The van der Waals surface area contributed by atoms with E-state index in [1.165, 1.54) is 6.07 Å². The van der Waals surface area contributed by atoms with Gasteiger partial charge in [0.1, 0.15) is 11.0 Å². The number of hydrogen-bond acceptors (Lipinski definition) is 5. The van der Waals surface area contributed by atoms with E-state index in [4.69, 9.17) is 5.11 Å². The van der Waals surface area contributed by atoms with Crippen LogP contribution >= 0.6 is 24.0 Å². The Morgan fingerprint density at radius 3 is 2.60 bits per heavy atom. The molecule has 6 heteroatoms. The highest BCUT2D eigenvalue weighted by Crippen LogP contribution is 2.30. The van der Waals surface area contributed by atoms with Crippen molar-refractivity contribution in [1.82, 2.24) is 0 Å². The first-order valence-electron chi connectivity index (χ1n) is 4.28. The van der Waals surface area contributed by atoms with Gasteiger partial charge in [-0.1, -0.05) is 0 Å². The van der Waals surface area contributed by atoms with Gasteiger partial charge in [0, 0.05) is 10.6 Å². The number of thiophene rings is 1. The third kappa shape index (κ3) is 2.72. The van der Waals surface area contributed by atoms with Gasteiger partial charge in [-0.2, -0.15) is 12.6 Å². The quantitative estimate of drug-likeness (QED) is 0.601. The summed E-state index contributed by atoms with van der Waals surface area (Å²) in [6.07, 6.45) is -2.05. The molecule has 1 aromatic rings. The number of aryl methyl sites for hydroxylation is 1. The molecule has 0 aliphatic carbocycles. The Kier molecular flexibility index (Phi) is 4.15. The van der Waals surface area contributed by atoms with Crippen molar-refractivity contribution in [2.45, 2.75) is 19.1 Å². The number of thiol groups is 1. The molecule has 0 bridgehead atoms. The van der Waals surface area contributed by atoms with E-state index in [-0.39, 0.29) is 10.6 Å². The molecule has 2 unspecified atom stereocenters. The second-order valence-corrected chi connectivity index (χ2v) is 4.61. The van der Waals surface area contributed by atoms with Crippen molar-refractivity contribution in [3.8, 4) is 0 Å². The topological polar surface area (TPSA) is 77.8 Å². The van der Waals surface area contributed by atoms with Crippen molar-refractivity contribution in [1.29, 1.82) is 0 Å². The molecule has 15 heavy (non-hydrogen) atoms. The Morgan fingerprint density at radius 1 is 1.60 bits per heavy atom. The van der Waals surface area contributed by atoms with E-state index in [1.54, 1.807) is 6.92 Å². The molecule has 1 heterocycles. The third-order valence-electron chi connectivity index (χ3n) is 1.99. The normalized spacial score (nSPS) is 14.9. The minimum absolute atomic E-state index is 0.126. The zero-order valence-electron chi connectivity index (χ0n) is 8.04.